The minimum atomic E-state index is -3.31. The first-order chi connectivity index (χ1) is 6.86. The molecule has 0 aliphatic carbocycles. The summed E-state index contributed by atoms with van der Waals surface area (Å²) in [6, 6.07) is -0.0627. The molecule has 0 spiro atoms. The SMILES string of the molecule is CC(C)NS(=O)(=O)C(C)(C)C(C)(C)C(C)C. The highest BCUT2D eigenvalue weighted by atomic mass is 32.2. The van der Waals surface area contributed by atoms with E-state index in [1.54, 1.807) is 13.8 Å². The van der Waals surface area contributed by atoms with Crippen LogP contribution in [-0.2, 0) is 10.0 Å². The zero-order valence-corrected chi connectivity index (χ0v) is 12.7. The molecule has 0 rings (SSSR count). The van der Waals surface area contributed by atoms with Gasteiger partial charge in [0.05, 0.1) is 4.75 Å². The summed E-state index contributed by atoms with van der Waals surface area (Å²) >= 11 is 0. The summed E-state index contributed by atoms with van der Waals surface area (Å²) in [5.74, 6) is 0.297. The summed E-state index contributed by atoms with van der Waals surface area (Å²) in [7, 11) is -3.31. The maximum atomic E-state index is 12.3. The predicted molar refractivity (Wildman–Crippen MR) is 69.9 cm³/mol. The van der Waals surface area contributed by atoms with Crippen LogP contribution in [0.2, 0.25) is 0 Å². The zero-order valence-electron chi connectivity index (χ0n) is 11.9. The molecule has 4 heteroatoms. The van der Waals surface area contributed by atoms with Crippen molar-refractivity contribution in [3.05, 3.63) is 0 Å². The Labute approximate surface area is 101 Å². The highest BCUT2D eigenvalue weighted by Crippen LogP contribution is 2.42. The maximum absolute atomic E-state index is 12.3. The van der Waals surface area contributed by atoms with Crippen molar-refractivity contribution < 1.29 is 8.42 Å². The molecule has 0 bridgehead atoms. The molecule has 0 aromatic carbocycles. The highest BCUT2D eigenvalue weighted by molar-refractivity contribution is 7.90. The van der Waals surface area contributed by atoms with Crippen LogP contribution in [0.4, 0.5) is 0 Å². The Hall–Kier alpha value is -0.0900. The number of sulfonamides is 1. The van der Waals surface area contributed by atoms with E-state index in [9.17, 15) is 8.42 Å². The van der Waals surface area contributed by atoms with Gasteiger partial charge in [-0.3, -0.25) is 0 Å². The van der Waals surface area contributed by atoms with Gasteiger partial charge in [0.2, 0.25) is 10.0 Å². The molecular weight excluding hydrogens is 222 g/mol. The van der Waals surface area contributed by atoms with Gasteiger partial charge < -0.3 is 0 Å². The molecule has 0 aliphatic rings. The Morgan fingerprint density at radius 2 is 1.31 bits per heavy atom. The van der Waals surface area contributed by atoms with E-state index in [1.165, 1.54) is 0 Å². The lowest BCUT2D eigenvalue weighted by atomic mass is 9.72. The number of hydrogen-bond donors (Lipinski definition) is 1. The smallest absolute Gasteiger partial charge is 0.212 e. The Morgan fingerprint density at radius 1 is 0.938 bits per heavy atom. The average molecular weight is 249 g/mol. The molecule has 0 radical (unpaired) electrons. The molecule has 0 aromatic rings. The molecule has 0 saturated carbocycles. The van der Waals surface area contributed by atoms with Gasteiger partial charge in [0.15, 0.2) is 0 Å². The first-order valence-corrected chi connectivity index (χ1v) is 7.36. The van der Waals surface area contributed by atoms with E-state index in [2.05, 4.69) is 18.6 Å². The van der Waals surface area contributed by atoms with Crippen molar-refractivity contribution in [2.45, 2.75) is 66.2 Å². The first kappa shape index (κ1) is 15.9. The summed E-state index contributed by atoms with van der Waals surface area (Å²) < 4.78 is 26.5. The molecular formula is C12H27NO2S. The molecule has 3 nitrogen and oxygen atoms in total. The van der Waals surface area contributed by atoms with Gasteiger partial charge in [-0.15, -0.1) is 0 Å². The molecule has 0 saturated heterocycles. The van der Waals surface area contributed by atoms with Gasteiger partial charge in [-0.25, -0.2) is 13.1 Å². The molecule has 0 amide bonds. The zero-order chi connectivity index (χ0) is 13.4. The van der Waals surface area contributed by atoms with Gasteiger partial charge in [-0.05, 0) is 39.0 Å². The van der Waals surface area contributed by atoms with Crippen molar-refractivity contribution in [2.24, 2.45) is 11.3 Å². The van der Waals surface area contributed by atoms with E-state index in [-0.39, 0.29) is 11.5 Å². The fraction of sp³-hybridized carbons (Fsp3) is 1.00. The first-order valence-electron chi connectivity index (χ1n) is 5.88. The lowest BCUT2D eigenvalue weighted by Gasteiger charge is -2.44. The van der Waals surface area contributed by atoms with Crippen molar-refractivity contribution in [3.63, 3.8) is 0 Å². The lowest BCUT2D eigenvalue weighted by Crippen LogP contribution is -2.54. The Balaban J connectivity index is 5.36. The molecule has 0 aliphatic heterocycles. The van der Waals surface area contributed by atoms with E-state index < -0.39 is 14.8 Å². The van der Waals surface area contributed by atoms with E-state index in [4.69, 9.17) is 0 Å². The largest absolute Gasteiger partial charge is 0.217 e. The molecule has 16 heavy (non-hydrogen) atoms. The van der Waals surface area contributed by atoms with Gasteiger partial charge in [-0.2, -0.15) is 0 Å². The van der Waals surface area contributed by atoms with Gasteiger partial charge in [0.1, 0.15) is 0 Å². The molecule has 0 atom stereocenters. The maximum Gasteiger partial charge on any atom is 0.217 e. The van der Waals surface area contributed by atoms with Gasteiger partial charge >= 0.3 is 0 Å². The second kappa shape index (κ2) is 4.65. The van der Waals surface area contributed by atoms with Crippen molar-refractivity contribution in [3.8, 4) is 0 Å². The monoisotopic (exact) mass is 249 g/mol. The molecule has 0 unspecified atom stereocenters. The summed E-state index contributed by atoms with van der Waals surface area (Å²) in [5, 5.41) is 0. The second-order valence-electron chi connectivity index (χ2n) is 6.16. The van der Waals surface area contributed by atoms with Gasteiger partial charge in [0, 0.05) is 6.04 Å². The van der Waals surface area contributed by atoms with Crippen LogP contribution in [0.3, 0.4) is 0 Å². The molecule has 0 fully saturated rings. The van der Waals surface area contributed by atoms with Crippen molar-refractivity contribution in [1.82, 2.24) is 4.72 Å². The Kier molecular flexibility index (Phi) is 4.62. The molecule has 0 heterocycles. The van der Waals surface area contributed by atoms with E-state index in [1.807, 2.05) is 27.7 Å². The van der Waals surface area contributed by atoms with Crippen LogP contribution < -0.4 is 4.72 Å². The van der Waals surface area contributed by atoms with Crippen LogP contribution in [-0.4, -0.2) is 19.2 Å². The second-order valence-corrected chi connectivity index (χ2v) is 8.43. The standard InChI is InChI=1S/C12H27NO2S/c1-9(2)11(5,6)12(7,8)16(14,15)13-10(3)4/h9-10,13H,1-8H3. The summed E-state index contributed by atoms with van der Waals surface area (Å²) in [4.78, 5) is 0. The number of nitrogens with one attached hydrogen (secondary N) is 1. The van der Waals surface area contributed by atoms with E-state index in [0.29, 0.717) is 5.92 Å². The third kappa shape index (κ3) is 2.77. The normalized spacial score (nSPS) is 14.9. The summed E-state index contributed by atoms with van der Waals surface area (Å²) in [5.41, 5.74) is -0.284. The average Bonchev–Trinajstić information content (AvgIpc) is 2.00. The predicted octanol–water partition coefficient (Wildman–Crippen LogP) is 2.78. The third-order valence-corrected chi connectivity index (χ3v) is 6.71. The van der Waals surface area contributed by atoms with Crippen molar-refractivity contribution in [1.29, 1.82) is 0 Å². The van der Waals surface area contributed by atoms with Crippen LogP contribution in [0.5, 0.6) is 0 Å². The fourth-order valence-corrected chi connectivity index (χ4v) is 3.34. The minimum Gasteiger partial charge on any atom is -0.212 e. The fourth-order valence-electron chi connectivity index (χ4n) is 1.50. The van der Waals surface area contributed by atoms with Crippen LogP contribution in [0, 0.1) is 11.3 Å². The Bertz CT molecular complexity index is 327. The topological polar surface area (TPSA) is 46.2 Å². The quantitative estimate of drug-likeness (QED) is 0.814. The molecule has 1 N–H and O–H groups in total. The van der Waals surface area contributed by atoms with Crippen LogP contribution in [0.15, 0.2) is 0 Å². The van der Waals surface area contributed by atoms with Crippen LogP contribution in [0.25, 0.3) is 0 Å². The molecule has 98 valence electrons. The van der Waals surface area contributed by atoms with E-state index in [0.717, 1.165) is 0 Å². The van der Waals surface area contributed by atoms with Gasteiger partial charge in [0.25, 0.3) is 0 Å². The summed E-state index contributed by atoms with van der Waals surface area (Å²) in [6.45, 7) is 15.4. The lowest BCUT2D eigenvalue weighted by molar-refractivity contribution is 0.181. The highest BCUT2D eigenvalue weighted by Gasteiger charge is 2.49. The van der Waals surface area contributed by atoms with Gasteiger partial charge in [-0.1, -0.05) is 27.7 Å². The number of hydrogen-bond acceptors (Lipinski definition) is 2. The third-order valence-electron chi connectivity index (χ3n) is 4.06. The van der Waals surface area contributed by atoms with E-state index >= 15 is 0 Å². The van der Waals surface area contributed by atoms with Crippen molar-refractivity contribution in [2.75, 3.05) is 0 Å². The van der Waals surface area contributed by atoms with Crippen molar-refractivity contribution >= 4 is 10.0 Å². The van der Waals surface area contributed by atoms with Crippen LogP contribution >= 0.6 is 0 Å². The summed E-state index contributed by atoms with van der Waals surface area (Å²) in [6.07, 6.45) is 0. The number of rotatable bonds is 5. The Morgan fingerprint density at radius 3 is 1.56 bits per heavy atom. The molecule has 0 aromatic heterocycles. The van der Waals surface area contributed by atoms with Crippen LogP contribution in [0.1, 0.15) is 55.4 Å². The minimum absolute atomic E-state index is 0.0627.